The first-order valence-corrected chi connectivity index (χ1v) is 18.9. The van der Waals surface area contributed by atoms with Crippen LogP contribution in [0.25, 0.3) is 11.2 Å². The zero-order valence-electron chi connectivity index (χ0n) is 30.7. The molecular formula is C37H39N8O11P. The van der Waals surface area contributed by atoms with Crippen LogP contribution in [-0.2, 0) is 40.9 Å². The summed E-state index contributed by atoms with van der Waals surface area (Å²) in [5.41, 5.74) is 7.15. The summed E-state index contributed by atoms with van der Waals surface area (Å²) >= 11 is 0. The zero-order chi connectivity index (χ0) is 41.0. The summed E-state index contributed by atoms with van der Waals surface area (Å²) in [6.45, 7) is 3.72. The van der Waals surface area contributed by atoms with Gasteiger partial charge in [-0.05, 0) is 74.4 Å². The number of benzene rings is 3. The third kappa shape index (κ3) is 11.7. The van der Waals surface area contributed by atoms with E-state index in [9.17, 15) is 33.6 Å². The minimum absolute atomic E-state index is 0.0332. The van der Waals surface area contributed by atoms with Crippen molar-refractivity contribution in [3.05, 3.63) is 112 Å². The van der Waals surface area contributed by atoms with Gasteiger partial charge in [-0.1, -0.05) is 24.3 Å². The maximum Gasteiger partial charge on any atom is 0.475 e. The second kappa shape index (κ2) is 19.4. The Bertz CT molecular complexity index is 2330. The number of H-pyrrole nitrogens is 1. The molecular weight excluding hydrogens is 763 g/mol. The maximum absolute atomic E-state index is 13.1. The number of amides is 2. The number of carboxylic acid groups (broad SMARTS) is 1. The number of nitrogen functional groups attached to an aromatic ring is 1. The number of carbonyl (C=O) groups excluding carboxylic acids is 3. The largest absolute Gasteiger partial charge is 0.480 e. The predicted molar refractivity (Wildman–Crippen MR) is 206 cm³/mol. The Balaban J connectivity index is 1.11. The Morgan fingerprint density at radius 1 is 0.930 bits per heavy atom. The van der Waals surface area contributed by atoms with Crippen molar-refractivity contribution in [3.8, 4) is 5.75 Å². The Kier molecular flexibility index (Phi) is 14.1. The van der Waals surface area contributed by atoms with Crippen LogP contribution in [0.3, 0.4) is 0 Å². The number of hydrogen-bond donors (Lipinski definition) is 6. The first-order chi connectivity index (χ1) is 27.4. The van der Waals surface area contributed by atoms with E-state index in [-0.39, 0.29) is 78.9 Å². The molecule has 2 heterocycles. The summed E-state index contributed by atoms with van der Waals surface area (Å²) in [4.78, 5) is 77.7. The van der Waals surface area contributed by atoms with Gasteiger partial charge >= 0.3 is 19.8 Å². The first-order valence-electron chi connectivity index (χ1n) is 17.5. The van der Waals surface area contributed by atoms with Gasteiger partial charge in [0.05, 0.1) is 49.5 Å². The van der Waals surface area contributed by atoms with Gasteiger partial charge in [0.15, 0.2) is 11.2 Å². The molecule has 20 heteroatoms. The number of para-hydroxylation sites is 1. The fourth-order valence-corrected chi connectivity index (χ4v) is 6.31. The molecule has 0 unspecified atom stereocenters. The number of nitrogens with zero attached hydrogens (tertiary/aromatic N) is 3. The van der Waals surface area contributed by atoms with Crippen LogP contribution in [0, 0.1) is 0 Å². The Labute approximate surface area is 325 Å². The van der Waals surface area contributed by atoms with Crippen molar-refractivity contribution >= 4 is 60.1 Å². The third-order valence-electron chi connectivity index (χ3n) is 7.89. The molecule has 5 aromatic rings. The highest BCUT2D eigenvalue weighted by molar-refractivity contribution is 7.48. The van der Waals surface area contributed by atoms with Crippen molar-refractivity contribution in [2.24, 2.45) is 0 Å². The van der Waals surface area contributed by atoms with Crippen LogP contribution < -0.4 is 32.0 Å². The van der Waals surface area contributed by atoms with Gasteiger partial charge in [-0.3, -0.25) is 32.9 Å². The summed E-state index contributed by atoms with van der Waals surface area (Å²) < 4.78 is 33.6. The summed E-state index contributed by atoms with van der Waals surface area (Å²) in [5.74, 6) is -3.28. The lowest BCUT2D eigenvalue weighted by Gasteiger charge is -2.16. The molecule has 0 fully saturated rings. The second-order valence-corrected chi connectivity index (χ2v) is 13.7. The molecule has 57 heavy (non-hydrogen) atoms. The number of carboxylic acids is 1. The molecule has 298 valence electrons. The summed E-state index contributed by atoms with van der Waals surface area (Å²) in [6.07, 6.45) is 0.885. The van der Waals surface area contributed by atoms with Crippen molar-refractivity contribution in [2.75, 3.05) is 29.6 Å². The number of anilines is 3. The van der Waals surface area contributed by atoms with E-state index in [0.717, 1.165) is 0 Å². The number of phosphoric acid groups is 1. The average Bonchev–Trinajstić information content (AvgIpc) is 3.19. The number of aromatic nitrogens is 4. The molecule has 0 bridgehead atoms. The van der Waals surface area contributed by atoms with Crippen molar-refractivity contribution in [1.29, 1.82) is 0 Å². The third-order valence-corrected chi connectivity index (χ3v) is 9.48. The molecule has 19 nitrogen and oxygen atoms in total. The number of phosphoric ester groups is 1. The zero-order valence-corrected chi connectivity index (χ0v) is 31.6. The first kappa shape index (κ1) is 41.6. The van der Waals surface area contributed by atoms with Gasteiger partial charge in [0.25, 0.3) is 11.5 Å². The minimum atomic E-state index is -3.71. The highest BCUT2D eigenvalue weighted by atomic mass is 31.2. The fourth-order valence-electron chi connectivity index (χ4n) is 5.14. The standard InChI is InChI=1S/C37H39N8O11P/c1-3-53-57(52,54-4-2)55-21-22-9-15-26(16-10-22)56-36(51)27-7-5-6-8-28(27)42-30(46)18-17-29(35(49)50)43-33(47)23-11-13-24(14-12-23)39-19-25-20-40-32-31(41-25)34(48)45-37(38)44-32/h5-16,20,29,39H,3-4,17-19,21H2,1-2H3,(H,42,46)(H,43,47)(H,49,50)(H3,38,40,44,45,48)/t29-/m0/s1. The molecule has 0 aliphatic carbocycles. The van der Waals surface area contributed by atoms with E-state index >= 15 is 0 Å². The van der Waals surface area contributed by atoms with Gasteiger partial charge in [-0.2, -0.15) is 4.98 Å². The molecule has 2 amide bonds. The molecule has 1 atom stereocenters. The number of hydrogen-bond acceptors (Lipinski definition) is 15. The van der Waals surface area contributed by atoms with Crippen LogP contribution in [0.1, 0.15) is 58.7 Å². The van der Waals surface area contributed by atoms with Crippen molar-refractivity contribution in [2.45, 2.75) is 45.9 Å². The molecule has 3 aromatic carbocycles. The lowest BCUT2D eigenvalue weighted by atomic mass is 10.1. The molecule has 5 rings (SSSR count). The van der Waals surface area contributed by atoms with Crippen LogP contribution in [0.15, 0.2) is 83.8 Å². The van der Waals surface area contributed by atoms with Crippen LogP contribution in [-0.4, -0.2) is 68.1 Å². The maximum atomic E-state index is 13.1. The van der Waals surface area contributed by atoms with Crippen LogP contribution in [0.4, 0.5) is 17.3 Å². The molecule has 0 radical (unpaired) electrons. The van der Waals surface area contributed by atoms with Gasteiger partial charge < -0.3 is 31.5 Å². The molecule has 2 aromatic heterocycles. The molecule has 7 N–H and O–H groups in total. The lowest BCUT2D eigenvalue weighted by Crippen LogP contribution is -2.41. The van der Waals surface area contributed by atoms with Crippen molar-refractivity contribution in [3.63, 3.8) is 0 Å². The van der Waals surface area contributed by atoms with E-state index in [4.69, 9.17) is 24.0 Å². The molecule has 0 aliphatic rings. The van der Waals surface area contributed by atoms with E-state index < -0.39 is 43.2 Å². The van der Waals surface area contributed by atoms with Crippen molar-refractivity contribution in [1.82, 2.24) is 25.3 Å². The SMILES string of the molecule is CCOP(=O)(OCC)OCc1ccc(OC(=O)c2ccccc2NC(=O)CC[C@H](NC(=O)c2ccc(NCc3cnc4nc(N)[nH]c(=O)c4n3)cc2)C(=O)O)cc1. The normalized spacial score (nSPS) is 11.8. The molecule has 0 spiro atoms. The summed E-state index contributed by atoms with van der Waals surface area (Å²) in [7, 11) is -3.71. The smallest absolute Gasteiger partial charge is 0.475 e. The highest BCUT2D eigenvalue weighted by Gasteiger charge is 2.26. The number of esters is 1. The number of carbonyl (C=O) groups is 4. The quantitative estimate of drug-likeness (QED) is 0.0383. The number of nitrogens with two attached hydrogens (primary N) is 1. The lowest BCUT2D eigenvalue weighted by molar-refractivity contribution is -0.139. The number of fused-ring (bicyclic) bond motifs is 1. The van der Waals surface area contributed by atoms with Gasteiger partial charge in [0.1, 0.15) is 11.8 Å². The van der Waals surface area contributed by atoms with Gasteiger partial charge in [0, 0.05) is 17.7 Å². The van der Waals surface area contributed by atoms with E-state index in [1.807, 2.05) is 0 Å². The molecule has 0 aliphatic heterocycles. The number of aromatic amines is 1. The Morgan fingerprint density at radius 2 is 1.63 bits per heavy atom. The average molecular weight is 803 g/mol. The number of ether oxygens (including phenoxy) is 1. The number of aliphatic carboxylic acids is 1. The highest BCUT2D eigenvalue weighted by Crippen LogP contribution is 2.49. The summed E-state index contributed by atoms with van der Waals surface area (Å²) in [5, 5.41) is 17.9. The predicted octanol–water partition coefficient (Wildman–Crippen LogP) is 4.43. The van der Waals surface area contributed by atoms with E-state index in [1.165, 1.54) is 42.6 Å². The van der Waals surface area contributed by atoms with Crippen molar-refractivity contribution < 1.29 is 47.2 Å². The number of rotatable bonds is 19. The van der Waals surface area contributed by atoms with Gasteiger partial charge in [-0.15, -0.1) is 0 Å². The molecule has 0 saturated carbocycles. The van der Waals surface area contributed by atoms with E-state index in [1.54, 1.807) is 50.2 Å². The Morgan fingerprint density at radius 3 is 2.32 bits per heavy atom. The van der Waals surface area contributed by atoms with E-state index in [0.29, 0.717) is 16.9 Å². The fraction of sp³-hybridized carbons (Fsp3) is 0.243. The Hall–Kier alpha value is -6.53. The van der Waals surface area contributed by atoms with E-state index in [2.05, 4.69) is 35.9 Å². The topological polar surface area (TPSA) is 276 Å². The summed E-state index contributed by atoms with van der Waals surface area (Å²) in [6, 6.07) is 17.1. The monoisotopic (exact) mass is 802 g/mol. The van der Waals surface area contributed by atoms with Crippen LogP contribution in [0.5, 0.6) is 5.75 Å². The second-order valence-electron chi connectivity index (χ2n) is 12.0. The number of nitrogens with one attached hydrogen (secondary N) is 4. The van der Waals surface area contributed by atoms with Gasteiger partial charge in [0.2, 0.25) is 11.9 Å². The minimum Gasteiger partial charge on any atom is -0.480 e. The van der Waals surface area contributed by atoms with Crippen LogP contribution in [0.2, 0.25) is 0 Å². The van der Waals surface area contributed by atoms with Crippen LogP contribution >= 0.6 is 7.82 Å². The molecule has 0 saturated heterocycles. The van der Waals surface area contributed by atoms with Gasteiger partial charge in [-0.25, -0.2) is 24.1 Å².